The second-order valence-corrected chi connectivity index (χ2v) is 12.2. The van der Waals surface area contributed by atoms with Gasteiger partial charge in [-0.1, -0.05) is 20.8 Å². The van der Waals surface area contributed by atoms with Crippen LogP contribution >= 0.6 is 11.1 Å². The topological polar surface area (TPSA) is 147 Å². The lowest BCUT2D eigenvalue weighted by molar-refractivity contribution is -0.140. The zero-order chi connectivity index (χ0) is 27.2. The Labute approximate surface area is 208 Å². The summed E-state index contributed by atoms with van der Waals surface area (Å²) in [5.41, 5.74) is -2.43. The number of aromatic nitrogens is 2. The first-order valence-electron chi connectivity index (χ1n) is 10.5. The van der Waals surface area contributed by atoms with Crippen molar-refractivity contribution in [1.82, 2.24) is 13.1 Å². The highest BCUT2D eigenvalue weighted by Crippen LogP contribution is 2.43. The van der Waals surface area contributed by atoms with E-state index in [2.05, 4.69) is 19.1 Å². The molecule has 1 unspecified atom stereocenters. The van der Waals surface area contributed by atoms with Crippen molar-refractivity contribution < 1.29 is 35.7 Å². The van der Waals surface area contributed by atoms with Crippen molar-refractivity contribution in [2.24, 2.45) is 10.4 Å². The Morgan fingerprint density at radius 3 is 2.36 bits per heavy atom. The molecule has 1 aromatic carbocycles. The van der Waals surface area contributed by atoms with Gasteiger partial charge in [-0.15, -0.1) is 4.37 Å². The molecule has 3 aromatic rings. The van der Waals surface area contributed by atoms with Crippen molar-refractivity contribution in [2.75, 3.05) is 19.4 Å². The van der Waals surface area contributed by atoms with Gasteiger partial charge < -0.3 is 19.4 Å². The number of phenols is 1. The number of hydrogen-bond acceptors (Lipinski definition) is 8. The molecular weight excluding hydrogens is 523 g/mol. The highest BCUT2D eigenvalue weighted by atomic mass is 32.2. The van der Waals surface area contributed by atoms with E-state index in [1.165, 1.54) is 0 Å². The van der Waals surface area contributed by atoms with E-state index in [1.807, 2.05) is 20.8 Å². The van der Waals surface area contributed by atoms with Crippen molar-refractivity contribution in [2.45, 2.75) is 44.8 Å². The summed E-state index contributed by atoms with van der Waals surface area (Å²) in [6.07, 6.45) is -5.06. The van der Waals surface area contributed by atoms with Crippen LogP contribution in [0, 0.1) is 12.3 Å². The summed E-state index contributed by atoms with van der Waals surface area (Å²) in [7, 11) is -2.63. The fraction of sp³-hybridized carbons (Fsp3) is 0.429. The summed E-state index contributed by atoms with van der Waals surface area (Å²) in [5, 5.41) is 13.2. The minimum atomic E-state index is -5.06. The first kappa shape index (κ1) is 27.7. The number of furan rings is 1. The Bertz CT molecular complexity index is 1430. The van der Waals surface area contributed by atoms with Gasteiger partial charge in [0.1, 0.15) is 22.5 Å². The SMILES string of the molecule is Cc1ccc([C@H](N=c2[nH][s+]([O-])nc2Nc2ccc(C(F)(F)F)c(S(=O)(=O)N(C)C)c2O)C(C)(C)C)o1. The second kappa shape index (κ2) is 9.53. The first-order chi connectivity index (χ1) is 16.4. The number of aromatic amines is 1. The van der Waals surface area contributed by atoms with Crippen LogP contribution in [-0.2, 0) is 16.2 Å². The molecule has 0 saturated carbocycles. The molecule has 2 heterocycles. The van der Waals surface area contributed by atoms with Crippen LogP contribution in [0.5, 0.6) is 5.75 Å². The van der Waals surface area contributed by atoms with Crippen molar-refractivity contribution in [1.29, 1.82) is 0 Å². The van der Waals surface area contributed by atoms with Gasteiger partial charge in [0.25, 0.3) is 0 Å². The summed E-state index contributed by atoms with van der Waals surface area (Å²) in [6.45, 7) is 7.46. The van der Waals surface area contributed by atoms with Gasteiger partial charge in [0, 0.05) is 18.5 Å². The molecule has 0 aliphatic carbocycles. The lowest BCUT2D eigenvalue weighted by Crippen LogP contribution is -2.25. The van der Waals surface area contributed by atoms with Gasteiger partial charge in [-0.2, -0.15) is 13.2 Å². The number of anilines is 2. The number of sulfonamides is 1. The van der Waals surface area contributed by atoms with E-state index in [-0.39, 0.29) is 11.3 Å². The number of benzene rings is 1. The lowest BCUT2D eigenvalue weighted by Gasteiger charge is -2.25. The Hall–Kier alpha value is -2.88. The number of nitrogens with one attached hydrogen (secondary N) is 2. The third-order valence-corrected chi connectivity index (χ3v) is 7.73. The molecule has 0 aliphatic rings. The van der Waals surface area contributed by atoms with E-state index in [0.717, 1.165) is 20.2 Å². The Morgan fingerprint density at radius 2 is 1.86 bits per heavy atom. The van der Waals surface area contributed by atoms with Crippen LogP contribution in [0.3, 0.4) is 0 Å². The number of phenolic OH excluding ortho intramolecular Hbond substituents is 1. The number of H-pyrrole nitrogens is 1. The third kappa shape index (κ3) is 5.58. The smallest absolute Gasteiger partial charge is 0.417 e. The average Bonchev–Trinajstić information content (AvgIpc) is 3.30. The van der Waals surface area contributed by atoms with Gasteiger partial charge in [-0.05, 0) is 36.6 Å². The Balaban J connectivity index is 2.18. The summed E-state index contributed by atoms with van der Waals surface area (Å²) in [4.78, 5) is 3.26. The maximum absolute atomic E-state index is 13.6. The molecule has 0 aliphatic heterocycles. The zero-order valence-corrected chi connectivity index (χ0v) is 21.9. The van der Waals surface area contributed by atoms with Gasteiger partial charge in [0.05, 0.1) is 11.3 Å². The maximum atomic E-state index is 13.6. The molecule has 0 saturated heterocycles. The molecule has 2 atom stereocenters. The number of alkyl halides is 3. The monoisotopic (exact) mass is 549 g/mol. The van der Waals surface area contributed by atoms with Crippen LogP contribution in [0.4, 0.5) is 24.7 Å². The van der Waals surface area contributed by atoms with E-state index in [9.17, 15) is 31.2 Å². The molecule has 3 N–H and O–H groups in total. The highest BCUT2D eigenvalue weighted by molar-refractivity contribution is 7.89. The number of rotatable bonds is 6. The van der Waals surface area contributed by atoms with Gasteiger partial charge in [-0.25, -0.2) is 17.7 Å². The number of aryl methyl sites for hydroxylation is 1. The van der Waals surface area contributed by atoms with Crippen LogP contribution in [0.15, 0.2) is 38.6 Å². The van der Waals surface area contributed by atoms with E-state index in [0.29, 0.717) is 21.9 Å². The highest BCUT2D eigenvalue weighted by Gasteiger charge is 2.41. The quantitative estimate of drug-likeness (QED) is 0.304. The number of hydrogen-bond donors (Lipinski definition) is 3. The predicted molar refractivity (Wildman–Crippen MR) is 126 cm³/mol. The molecule has 0 bridgehead atoms. The largest absolute Gasteiger partial charge is 0.548 e. The third-order valence-electron chi connectivity index (χ3n) is 5.12. The maximum Gasteiger partial charge on any atom is 0.417 e. The molecule has 0 amide bonds. The molecule has 2 aromatic heterocycles. The molecule has 0 radical (unpaired) electrons. The van der Waals surface area contributed by atoms with E-state index in [4.69, 9.17) is 4.42 Å². The summed E-state index contributed by atoms with van der Waals surface area (Å²) < 4.78 is 90.9. The lowest BCUT2D eigenvalue weighted by atomic mass is 9.86. The van der Waals surface area contributed by atoms with Gasteiger partial charge >= 0.3 is 6.18 Å². The van der Waals surface area contributed by atoms with Gasteiger partial charge in [-0.3, -0.25) is 0 Å². The standard InChI is InChI=1S/C21H26F3N5O5S2/c1-11-7-10-14(34-11)17(20(2,3)4)26-19-18(27-35(31)28-19)25-13-9-8-12(21(22,23)24)16(15(13)30)36(32,33)29(5)6/h7-10,17,30H,1-6H3,(H,25,27)(H,26,28)/t17-,35?/m0/s1. The second-order valence-electron chi connectivity index (χ2n) is 9.23. The molecule has 36 heavy (non-hydrogen) atoms. The minimum absolute atomic E-state index is 0.0152. The molecule has 3 rings (SSSR count). The van der Waals surface area contributed by atoms with Gasteiger partial charge in [0.15, 0.2) is 16.9 Å². The average molecular weight is 550 g/mol. The Kier molecular flexibility index (Phi) is 7.34. The molecule has 10 nitrogen and oxygen atoms in total. The summed E-state index contributed by atoms with van der Waals surface area (Å²) >= 11 is -1.98. The molecule has 0 fully saturated rings. The fourth-order valence-electron chi connectivity index (χ4n) is 3.33. The molecular formula is C21H26F3N5O5S2. The van der Waals surface area contributed by atoms with Crippen molar-refractivity contribution in [3.05, 3.63) is 46.8 Å². The van der Waals surface area contributed by atoms with Crippen LogP contribution in [0.2, 0.25) is 0 Å². The van der Waals surface area contributed by atoms with E-state index >= 15 is 0 Å². The normalized spacial score (nSPS) is 15.0. The van der Waals surface area contributed by atoms with Crippen molar-refractivity contribution >= 4 is 32.7 Å². The zero-order valence-electron chi connectivity index (χ0n) is 20.3. The minimum Gasteiger partial charge on any atom is -0.548 e. The molecule has 15 heteroatoms. The van der Waals surface area contributed by atoms with Crippen LogP contribution < -0.4 is 10.8 Å². The number of halogens is 3. The van der Waals surface area contributed by atoms with Crippen LogP contribution in [0.25, 0.3) is 0 Å². The van der Waals surface area contributed by atoms with Crippen molar-refractivity contribution in [3.8, 4) is 5.75 Å². The molecule has 0 spiro atoms. The van der Waals surface area contributed by atoms with E-state index < -0.39 is 60.7 Å². The van der Waals surface area contributed by atoms with Crippen LogP contribution in [0.1, 0.15) is 43.9 Å². The van der Waals surface area contributed by atoms with Crippen molar-refractivity contribution in [3.63, 3.8) is 0 Å². The van der Waals surface area contributed by atoms with Gasteiger partial charge in [0.2, 0.25) is 21.3 Å². The summed E-state index contributed by atoms with van der Waals surface area (Å²) in [5.74, 6) is -0.178. The molecule has 198 valence electrons. The van der Waals surface area contributed by atoms with Crippen LogP contribution in [-0.4, -0.2) is 45.2 Å². The first-order valence-corrected chi connectivity index (χ1v) is 13.0. The Morgan fingerprint density at radius 1 is 1.22 bits per heavy atom. The number of nitrogens with zero attached hydrogens (tertiary/aromatic N) is 3. The predicted octanol–water partition coefficient (Wildman–Crippen LogP) is 4.45. The summed E-state index contributed by atoms with van der Waals surface area (Å²) in [6, 6.07) is 4.30. The number of aromatic hydroxyl groups is 1. The van der Waals surface area contributed by atoms with E-state index in [1.54, 1.807) is 19.1 Å². The fourth-order valence-corrected chi connectivity index (χ4v) is 5.17.